The summed E-state index contributed by atoms with van der Waals surface area (Å²) in [6.45, 7) is 1.70. The quantitative estimate of drug-likeness (QED) is 0.295. The summed E-state index contributed by atoms with van der Waals surface area (Å²) in [5, 5.41) is 0. The van der Waals surface area contributed by atoms with Crippen LogP contribution in [0, 0.1) is 12.7 Å². The Bertz CT molecular complexity index is 647. The third-order valence-electron chi connectivity index (χ3n) is 3.52. The van der Waals surface area contributed by atoms with Crippen molar-refractivity contribution < 1.29 is 30.7 Å². The smallest absolute Gasteiger partial charge is 0.352 e. The molecule has 1 aromatic carbocycles. The Labute approximate surface area is 144 Å². The lowest BCUT2D eigenvalue weighted by Crippen LogP contribution is -2.39. The van der Waals surface area contributed by atoms with Crippen molar-refractivity contribution in [3.63, 3.8) is 0 Å². The summed E-state index contributed by atoms with van der Waals surface area (Å²) in [5.74, 6) is -3.45. The van der Waals surface area contributed by atoms with Crippen molar-refractivity contribution in [2.24, 2.45) is 4.99 Å². The van der Waals surface area contributed by atoms with Gasteiger partial charge in [-0.05, 0) is 37.5 Å². The molecule has 1 saturated heterocycles. The van der Waals surface area contributed by atoms with Gasteiger partial charge in [-0.2, -0.15) is 26.3 Å². The number of rotatable bonds is 3. The maximum atomic E-state index is 14.0. The second-order valence-electron chi connectivity index (χ2n) is 5.60. The van der Waals surface area contributed by atoms with E-state index in [0.29, 0.717) is 24.6 Å². The zero-order valence-corrected chi connectivity index (χ0v) is 14.0. The molecule has 0 spiro atoms. The largest absolute Gasteiger partial charge is 0.449 e. The van der Waals surface area contributed by atoms with Gasteiger partial charge in [0.2, 0.25) is 5.84 Å². The molecule has 1 aliphatic rings. The van der Waals surface area contributed by atoms with Crippen LogP contribution in [0.15, 0.2) is 22.0 Å². The molecule has 0 saturated carbocycles. The number of halogens is 7. The van der Waals surface area contributed by atoms with Crippen LogP contribution in [0.2, 0.25) is 0 Å². The van der Waals surface area contributed by atoms with E-state index in [1.807, 2.05) is 0 Å². The average Bonchev–Trinajstić information content (AvgIpc) is 2.96. The lowest BCUT2D eigenvalue weighted by Gasteiger charge is -2.22. The van der Waals surface area contributed by atoms with Crippen LogP contribution in [0.4, 0.5) is 36.4 Å². The molecular formula is C15H15F7N2S. The number of aliphatic imine (C=N–C) groups is 1. The van der Waals surface area contributed by atoms with E-state index in [-0.39, 0.29) is 23.5 Å². The minimum absolute atomic E-state index is 0.0421. The molecule has 2 rings (SSSR count). The van der Waals surface area contributed by atoms with Gasteiger partial charge in [-0.15, -0.1) is 11.8 Å². The summed E-state index contributed by atoms with van der Waals surface area (Å²) in [4.78, 5) is 4.46. The highest BCUT2D eigenvalue weighted by molar-refractivity contribution is 7.99. The van der Waals surface area contributed by atoms with Crippen molar-refractivity contribution in [1.82, 2.24) is 4.90 Å². The van der Waals surface area contributed by atoms with Crippen LogP contribution < -0.4 is 0 Å². The van der Waals surface area contributed by atoms with Crippen molar-refractivity contribution >= 4 is 23.3 Å². The fourth-order valence-corrected chi connectivity index (χ4v) is 3.20. The standard InChI is InChI=1S/C15H15F7N2S/c1-9-6-10(16)11(7-12(9)25-8-14(17,18)19)23-13(15(20,21)22)24-4-2-3-5-24/h6-7H,2-5,8H2,1H3/b23-13+. The molecule has 2 nitrogen and oxygen atoms in total. The number of aryl methyl sites for hydroxylation is 1. The van der Waals surface area contributed by atoms with Gasteiger partial charge >= 0.3 is 12.4 Å². The Morgan fingerprint density at radius 2 is 1.72 bits per heavy atom. The number of thioether (sulfide) groups is 1. The number of hydrogen-bond acceptors (Lipinski definition) is 2. The normalized spacial score (nSPS) is 16.6. The van der Waals surface area contributed by atoms with Gasteiger partial charge in [0.25, 0.3) is 0 Å². The van der Waals surface area contributed by atoms with Gasteiger partial charge in [-0.3, -0.25) is 0 Å². The van der Waals surface area contributed by atoms with Gasteiger partial charge in [0.1, 0.15) is 11.5 Å². The fraction of sp³-hybridized carbons (Fsp3) is 0.533. The molecule has 0 amide bonds. The van der Waals surface area contributed by atoms with Crippen LogP contribution in [0.25, 0.3) is 0 Å². The van der Waals surface area contributed by atoms with E-state index in [0.717, 1.165) is 17.0 Å². The van der Waals surface area contributed by atoms with Crippen LogP contribution in [0.1, 0.15) is 18.4 Å². The highest BCUT2D eigenvalue weighted by Crippen LogP contribution is 2.35. The Morgan fingerprint density at radius 1 is 1.12 bits per heavy atom. The van der Waals surface area contributed by atoms with Crippen LogP contribution in [0.3, 0.4) is 0 Å². The topological polar surface area (TPSA) is 15.6 Å². The molecule has 25 heavy (non-hydrogen) atoms. The Kier molecular flexibility index (Phi) is 5.90. The zero-order valence-electron chi connectivity index (χ0n) is 13.1. The van der Waals surface area contributed by atoms with Crippen LogP contribution in [-0.2, 0) is 0 Å². The highest BCUT2D eigenvalue weighted by atomic mass is 32.2. The number of nitrogens with zero attached hydrogens (tertiary/aromatic N) is 2. The lowest BCUT2D eigenvalue weighted by molar-refractivity contribution is -0.105. The van der Waals surface area contributed by atoms with Crippen molar-refractivity contribution in [3.8, 4) is 0 Å². The van der Waals surface area contributed by atoms with Gasteiger partial charge in [-0.25, -0.2) is 9.38 Å². The predicted molar refractivity (Wildman–Crippen MR) is 81.9 cm³/mol. The first-order valence-electron chi connectivity index (χ1n) is 7.38. The number of benzene rings is 1. The molecule has 0 unspecified atom stereocenters. The molecule has 1 fully saturated rings. The minimum atomic E-state index is -4.78. The summed E-state index contributed by atoms with van der Waals surface area (Å²) < 4.78 is 90.7. The molecule has 0 N–H and O–H groups in total. The van der Waals surface area contributed by atoms with Crippen molar-refractivity contribution in [3.05, 3.63) is 23.5 Å². The third kappa shape index (κ3) is 5.52. The summed E-state index contributed by atoms with van der Waals surface area (Å²) in [6, 6.07) is 1.83. The Hall–Kier alpha value is -1.45. The van der Waals surface area contributed by atoms with Crippen LogP contribution >= 0.6 is 11.8 Å². The number of hydrogen-bond donors (Lipinski definition) is 0. The zero-order chi connectivity index (χ0) is 18.8. The summed E-state index contributed by atoms with van der Waals surface area (Å²) in [6.07, 6.45) is -8.08. The van der Waals surface area contributed by atoms with Gasteiger partial charge in [-0.1, -0.05) is 0 Å². The van der Waals surface area contributed by atoms with Crippen LogP contribution in [0.5, 0.6) is 0 Å². The van der Waals surface area contributed by atoms with Crippen LogP contribution in [-0.4, -0.2) is 41.9 Å². The highest BCUT2D eigenvalue weighted by Gasteiger charge is 2.41. The van der Waals surface area contributed by atoms with Gasteiger partial charge in [0.05, 0.1) is 5.75 Å². The number of likely N-dealkylation sites (tertiary alicyclic amines) is 1. The van der Waals surface area contributed by atoms with E-state index in [1.165, 1.54) is 6.92 Å². The van der Waals surface area contributed by atoms with E-state index < -0.39 is 35.4 Å². The first-order valence-corrected chi connectivity index (χ1v) is 8.36. The molecule has 140 valence electrons. The average molecular weight is 388 g/mol. The summed E-state index contributed by atoms with van der Waals surface area (Å²) in [5.41, 5.74) is -0.407. The van der Waals surface area contributed by atoms with E-state index in [9.17, 15) is 30.7 Å². The molecule has 0 aliphatic carbocycles. The monoisotopic (exact) mass is 388 g/mol. The van der Waals surface area contributed by atoms with E-state index in [4.69, 9.17) is 0 Å². The molecule has 0 radical (unpaired) electrons. The first kappa shape index (κ1) is 19.9. The van der Waals surface area contributed by atoms with E-state index in [1.54, 1.807) is 0 Å². The van der Waals surface area contributed by atoms with Crippen molar-refractivity contribution in [2.45, 2.75) is 37.0 Å². The first-order chi connectivity index (χ1) is 11.5. The second kappa shape index (κ2) is 7.43. The predicted octanol–water partition coefficient (Wildman–Crippen LogP) is 5.48. The lowest BCUT2D eigenvalue weighted by atomic mass is 10.2. The summed E-state index contributed by atoms with van der Waals surface area (Å²) >= 11 is 0.388. The molecular weight excluding hydrogens is 373 g/mol. The Balaban J connectivity index is 2.38. The van der Waals surface area contributed by atoms with Gasteiger partial charge < -0.3 is 4.90 Å². The third-order valence-corrected chi connectivity index (χ3v) is 4.74. The van der Waals surface area contributed by atoms with Crippen molar-refractivity contribution in [1.29, 1.82) is 0 Å². The molecule has 0 atom stereocenters. The molecule has 1 aromatic rings. The van der Waals surface area contributed by atoms with Crippen molar-refractivity contribution in [2.75, 3.05) is 18.8 Å². The SMILES string of the molecule is Cc1cc(F)c(/N=C(/N2CCCC2)C(F)(F)F)cc1SCC(F)(F)F. The van der Waals surface area contributed by atoms with E-state index in [2.05, 4.69) is 4.99 Å². The number of amidine groups is 1. The maximum Gasteiger partial charge on any atom is 0.449 e. The molecule has 1 heterocycles. The maximum absolute atomic E-state index is 14.0. The van der Waals surface area contributed by atoms with E-state index >= 15 is 0 Å². The second-order valence-corrected chi connectivity index (χ2v) is 6.62. The number of alkyl halides is 6. The molecule has 10 heteroatoms. The fourth-order valence-electron chi connectivity index (χ4n) is 2.40. The summed E-state index contributed by atoms with van der Waals surface area (Å²) in [7, 11) is 0. The molecule has 0 bridgehead atoms. The minimum Gasteiger partial charge on any atom is -0.352 e. The van der Waals surface area contributed by atoms with Gasteiger partial charge in [0, 0.05) is 18.0 Å². The Morgan fingerprint density at radius 3 is 2.24 bits per heavy atom. The molecule has 1 aliphatic heterocycles. The van der Waals surface area contributed by atoms with Gasteiger partial charge in [0.15, 0.2) is 0 Å². The molecule has 0 aromatic heterocycles.